The molecular formula is C12H14O3S. The van der Waals surface area contributed by atoms with Gasteiger partial charge in [-0.3, -0.25) is 0 Å². The Bertz CT molecular complexity index is 375. The molecule has 1 N–H and O–H groups in total. The first-order valence-electron chi connectivity index (χ1n) is 5.34. The molecule has 1 aliphatic heterocycles. The van der Waals surface area contributed by atoms with Crippen molar-refractivity contribution in [3.8, 4) is 0 Å². The van der Waals surface area contributed by atoms with E-state index in [1.54, 1.807) is 0 Å². The lowest BCUT2D eigenvalue weighted by Crippen LogP contribution is -2.15. The summed E-state index contributed by atoms with van der Waals surface area (Å²) < 4.78 is 5.26. The first-order chi connectivity index (χ1) is 7.77. The molecule has 1 fully saturated rings. The average Bonchev–Trinajstić information content (AvgIpc) is 2.80. The van der Waals surface area contributed by atoms with Gasteiger partial charge in [0.05, 0.1) is 5.57 Å². The molecule has 0 radical (unpaired) electrons. The Morgan fingerprint density at radius 3 is 2.81 bits per heavy atom. The number of hydrogen-bond acceptors (Lipinski definition) is 3. The van der Waals surface area contributed by atoms with E-state index in [1.807, 2.05) is 23.6 Å². The fraction of sp³-hybridized carbons (Fsp3) is 0.417. The van der Waals surface area contributed by atoms with Crippen molar-refractivity contribution in [2.24, 2.45) is 5.92 Å². The van der Waals surface area contributed by atoms with E-state index >= 15 is 0 Å². The van der Waals surface area contributed by atoms with E-state index < -0.39 is 5.97 Å². The van der Waals surface area contributed by atoms with Crippen LogP contribution < -0.4 is 0 Å². The van der Waals surface area contributed by atoms with E-state index in [1.165, 1.54) is 11.3 Å². The highest BCUT2D eigenvalue weighted by atomic mass is 32.1. The normalized spacial score (nSPS) is 18.6. The van der Waals surface area contributed by atoms with Crippen molar-refractivity contribution in [1.29, 1.82) is 0 Å². The smallest absolute Gasteiger partial charge is 0.336 e. The maximum atomic E-state index is 11.2. The van der Waals surface area contributed by atoms with Crippen molar-refractivity contribution < 1.29 is 14.6 Å². The number of carbonyl (C=O) groups is 1. The molecule has 2 rings (SSSR count). The summed E-state index contributed by atoms with van der Waals surface area (Å²) in [5, 5.41) is 11.1. The highest BCUT2D eigenvalue weighted by Gasteiger charge is 2.17. The van der Waals surface area contributed by atoms with Gasteiger partial charge in [0.15, 0.2) is 0 Å². The summed E-state index contributed by atoms with van der Waals surface area (Å²) in [6.45, 7) is 1.47. The highest BCUT2D eigenvalue weighted by molar-refractivity contribution is 7.11. The molecule has 0 unspecified atom stereocenters. The number of hydrogen-bond donors (Lipinski definition) is 1. The van der Waals surface area contributed by atoms with E-state index in [4.69, 9.17) is 4.74 Å². The van der Waals surface area contributed by atoms with Crippen LogP contribution in [0, 0.1) is 5.92 Å². The Hall–Kier alpha value is -1.13. The number of rotatable bonds is 3. The second-order valence-corrected chi connectivity index (χ2v) is 4.76. The number of allylic oxidation sites excluding steroid dienone is 1. The maximum absolute atomic E-state index is 11.2. The molecule has 0 aliphatic carbocycles. The minimum atomic E-state index is -0.839. The Kier molecular flexibility index (Phi) is 3.74. The fourth-order valence-corrected chi connectivity index (χ4v) is 2.55. The molecule has 3 nitrogen and oxygen atoms in total. The minimum absolute atomic E-state index is 0.335. The van der Waals surface area contributed by atoms with E-state index in [0.717, 1.165) is 30.9 Å². The molecule has 16 heavy (non-hydrogen) atoms. The summed E-state index contributed by atoms with van der Waals surface area (Å²) in [4.78, 5) is 12.0. The first kappa shape index (κ1) is 11.4. The zero-order chi connectivity index (χ0) is 11.4. The van der Waals surface area contributed by atoms with Gasteiger partial charge in [0.25, 0.3) is 0 Å². The quantitative estimate of drug-likeness (QED) is 0.823. The summed E-state index contributed by atoms with van der Waals surface area (Å²) in [5.74, 6) is -0.504. The Morgan fingerprint density at radius 2 is 2.25 bits per heavy atom. The van der Waals surface area contributed by atoms with Crippen molar-refractivity contribution in [3.05, 3.63) is 28.5 Å². The van der Waals surface area contributed by atoms with Crippen molar-refractivity contribution in [1.82, 2.24) is 0 Å². The molecule has 1 aliphatic rings. The summed E-state index contributed by atoms with van der Waals surface area (Å²) in [6, 6.07) is 3.73. The maximum Gasteiger partial charge on any atom is 0.336 e. The van der Waals surface area contributed by atoms with Crippen molar-refractivity contribution in [2.75, 3.05) is 13.2 Å². The second-order valence-electron chi connectivity index (χ2n) is 3.81. The van der Waals surface area contributed by atoms with Crippen LogP contribution in [0.2, 0.25) is 0 Å². The molecular weight excluding hydrogens is 224 g/mol. The molecule has 2 heterocycles. The zero-order valence-corrected chi connectivity index (χ0v) is 9.70. The second kappa shape index (κ2) is 5.27. The van der Waals surface area contributed by atoms with Gasteiger partial charge in [0.1, 0.15) is 0 Å². The third kappa shape index (κ3) is 2.71. The van der Waals surface area contributed by atoms with Crippen LogP contribution in [0.5, 0.6) is 0 Å². The molecule has 1 aromatic heterocycles. The van der Waals surface area contributed by atoms with Crippen molar-refractivity contribution in [2.45, 2.75) is 12.8 Å². The van der Waals surface area contributed by atoms with Crippen LogP contribution in [-0.4, -0.2) is 24.3 Å². The van der Waals surface area contributed by atoms with Gasteiger partial charge in [-0.15, -0.1) is 11.3 Å². The van der Waals surface area contributed by atoms with Gasteiger partial charge in [0.2, 0.25) is 0 Å². The molecule has 0 bridgehead atoms. The lowest BCUT2D eigenvalue weighted by molar-refractivity contribution is -0.130. The third-order valence-corrected chi connectivity index (χ3v) is 3.59. The fourth-order valence-electron chi connectivity index (χ4n) is 1.81. The lowest BCUT2D eigenvalue weighted by atomic mass is 9.97. The summed E-state index contributed by atoms with van der Waals surface area (Å²) in [5.41, 5.74) is 0.432. The molecule has 4 heteroatoms. The van der Waals surface area contributed by atoms with Crippen LogP contribution >= 0.6 is 11.3 Å². The SMILES string of the molecule is O=C(O)C(=CC1CCOCC1)c1cccs1. The first-order valence-corrected chi connectivity index (χ1v) is 6.22. The minimum Gasteiger partial charge on any atom is -0.478 e. The Labute approximate surface area is 98.4 Å². The summed E-state index contributed by atoms with van der Waals surface area (Å²) in [7, 11) is 0. The molecule has 0 spiro atoms. The predicted octanol–water partition coefficient (Wildman–Crippen LogP) is 2.64. The average molecular weight is 238 g/mol. The number of ether oxygens (including phenoxy) is 1. The Morgan fingerprint density at radius 1 is 1.50 bits per heavy atom. The summed E-state index contributed by atoms with van der Waals surface area (Å²) >= 11 is 1.47. The predicted molar refractivity (Wildman–Crippen MR) is 63.5 cm³/mol. The molecule has 1 aromatic rings. The number of carboxylic acid groups (broad SMARTS) is 1. The van der Waals surface area contributed by atoms with Gasteiger partial charge in [-0.25, -0.2) is 4.79 Å². The van der Waals surface area contributed by atoms with Crippen molar-refractivity contribution in [3.63, 3.8) is 0 Å². The monoisotopic (exact) mass is 238 g/mol. The lowest BCUT2D eigenvalue weighted by Gasteiger charge is -2.19. The molecule has 86 valence electrons. The van der Waals surface area contributed by atoms with E-state index in [9.17, 15) is 9.90 Å². The van der Waals surface area contributed by atoms with Gasteiger partial charge in [-0.1, -0.05) is 12.1 Å². The van der Waals surface area contributed by atoms with Crippen LogP contribution in [-0.2, 0) is 9.53 Å². The van der Waals surface area contributed by atoms with Crippen LogP contribution in [0.4, 0.5) is 0 Å². The highest BCUT2D eigenvalue weighted by Crippen LogP contribution is 2.25. The molecule has 0 saturated carbocycles. The number of carboxylic acids is 1. The van der Waals surface area contributed by atoms with Gasteiger partial charge < -0.3 is 9.84 Å². The van der Waals surface area contributed by atoms with Gasteiger partial charge in [-0.05, 0) is 30.2 Å². The third-order valence-electron chi connectivity index (χ3n) is 2.69. The van der Waals surface area contributed by atoms with E-state index in [-0.39, 0.29) is 0 Å². The largest absolute Gasteiger partial charge is 0.478 e. The van der Waals surface area contributed by atoms with Crippen LogP contribution in [0.3, 0.4) is 0 Å². The standard InChI is InChI=1S/C12H14O3S/c13-12(14)10(11-2-1-7-16-11)8-9-3-5-15-6-4-9/h1-2,7-9H,3-6H2,(H,13,14). The molecule has 1 saturated heterocycles. The van der Waals surface area contributed by atoms with E-state index in [2.05, 4.69) is 0 Å². The number of aliphatic carboxylic acids is 1. The van der Waals surface area contributed by atoms with Gasteiger partial charge in [0, 0.05) is 18.1 Å². The van der Waals surface area contributed by atoms with Crippen molar-refractivity contribution >= 4 is 22.9 Å². The summed E-state index contributed by atoms with van der Waals surface area (Å²) in [6.07, 6.45) is 3.72. The van der Waals surface area contributed by atoms with Crippen LogP contribution in [0.15, 0.2) is 23.6 Å². The number of thiophene rings is 1. The van der Waals surface area contributed by atoms with Gasteiger partial charge >= 0.3 is 5.97 Å². The molecule has 0 aromatic carbocycles. The van der Waals surface area contributed by atoms with E-state index in [0.29, 0.717) is 11.5 Å². The zero-order valence-electron chi connectivity index (χ0n) is 8.89. The van der Waals surface area contributed by atoms with Crippen LogP contribution in [0.25, 0.3) is 5.57 Å². The van der Waals surface area contributed by atoms with Gasteiger partial charge in [-0.2, -0.15) is 0 Å². The molecule has 0 amide bonds. The van der Waals surface area contributed by atoms with Crippen LogP contribution in [0.1, 0.15) is 17.7 Å². The topological polar surface area (TPSA) is 46.5 Å². The Balaban J connectivity index is 2.18. The molecule has 0 atom stereocenters.